The van der Waals surface area contributed by atoms with Crippen molar-refractivity contribution in [3.63, 3.8) is 0 Å². The lowest BCUT2D eigenvalue weighted by Gasteiger charge is -2.41. The van der Waals surface area contributed by atoms with Crippen molar-refractivity contribution in [3.8, 4) is 0 Å². The first-order valence-electron chi connectivity index (χ1n) is 12.8. The second-order valence-electron chi connectivity index (χ2n) is 9.82. The Hall–Kier alpha value is -2.52. The first-order valence-corrected chi connectivity index (χ1v) is 12.8. The zero-order valence-electron chi connectivity index (χ0n) is 20.0. The van der Waals surface area contributed by atoms with Crippen molar-refractivity contribution in [2.24, 2.45) is 5.92 Å². The molecule has 0 bridgehead atoms. The van der Waals surface area contributed by atoms with Crippen LogP contribution in [0.1, 0.15) is 55.3 Å². The first-order chi connectivity index (χ1) is 16.5. The van der Waals surface area contributed by atoms with Gasteiger partial charge in [0, 0.05) is 57.0 Å². The number of non-ortho nitro benzene ring substituents is 1. The van der Waals surface area contributed by atoms with Gasteiger partial charge in [-0.3, -0.25) is 24.6 Å². The molecule has 2 heterocycles. The maximum absolute atomic E-state index is 13.3. The molecule has 2 amide bonds. The third-order valence-electron chi connectivity index (χ3n) is 7.59. The van der Waals surface area contributed by atoms with E-state index in [1.54, 1.807) is 17.0 Å². The highest BCUT2D eigenvalue weighted by molar-refractivity contribution is 5.95. The summed E-state index contributed by atoms with van der Waals surface area (Å²) in [5.74, 6) is 0.308. The van der Waals surface area contributed by atoms with E-state index in [1.807, 2.05) is 0 Å². The molecule has 2 aliphatic heterocycles. The predicted molar refractivity (Wildman–Crippen MR) is 130 cm³/mol. The second-order valence-corrected chi connectivity index (χ2v) is 9.82. The zero-order valence-corrected chi connectivity index (χ0v) is 20.0. The Morgan fingerprint density at radius 2 is 1.71 bits per heavy atom. The van der Waals surface area contributed by atoms with Gasteiger partial charge in [-0.15, -0.1) is 0 Å². The quantitative estimate of drug-likeness (QED) is 0.462. The number of nitrogens with zero attached hydrogens (tertiary/aromatic N) is 4. The maximum Gasteiger partial charge on any atom is 0.270 e. The number of nitro groups is 1. The topological polar surface area (TPSA) is 99.0 Å². The molecule has 9 nitrogen and oxygen atoms in total. The number of hydrogen-bond donors (Lipinski definition) is 1. The van der Waals surface area contributed by atoms with Crippen LogP contribution in [0.15, 0.2) is 24.3 Å². The Bertz CT molecular complexity index is 859. The van der Waals surface area contributed by atoms with Gasteiger partial charge in [0.05, 0.1) is 11.0 Å². The first kappa shape index (κ1) is 24.6. The number of nitro benzene ring substituents is 1. The molecule has 186 valence electrons. The van der Waals surface area contributed by atoms with Gasteiger partial charge in [-0.2, -0.15) is 0 Å². The van der Waals surface area contributed by atoms with E-state index in [1.165, 1.54) is 44.2 Å². The van der Waals surface area contributed by atoms with E-state index in [4.69, 9.17) is 0 Å². The molecule has 3 aliphatic rings. The zero-order chi connectivity index (χ0) is 23.9. The Labute approximate surface area is 201 Å². The second kappa shape index (κ2) is 11.8. The van der Waals surface area contributed by atoms with Gasteiger partial charge in [-0.1, -0.05) is 25.3 Å². The lowest BCUT2D eigenvalue weighted by atomic mass is 9.95. The number of likely N-dealkylation sites (tertiary alicyclic amines) is 1. The monoisotopic (exact) mass is 471 g/mol. The highest BCUT2D eigenvalue weighted by atomic mass is 16.6. The van der Waals surface area contributed by atoms with Gasteiger partial charge in [0.2, 0.25) is 5.91 Å². The van der Waals surface area contributed by atoms with Crippen LogP contribution in [0.5, 0.6) is 0 Å². The third kappa shape index (κ3) is 6.13. The molecule has 1 aromatic rings. The van der Waals surface area contributed by atoms with E-state index in [0.29, 0.717) is 44.2 Å². The largest absolute Gasteiger partial charge is 0.353 e. The lowest BCUT2D eigenvalue weighted by molar-refractivity contribution is -0.384. The summed E-state index contributed by atoms with van der Waals surface area (Å²) in [5, 5.41) is 14.3. The molecule has 1 atom stereocenters. The van der Waals surface area contributed by atoms with Crippen LogP contribution in [0.2, 0.25) is 0 Å². The van der Waals surface area contributed by atoms with Crippen LogP contribution in [0.3, 0.4) is 0 Å². The molecule has 3 fully saturated rings. The fourth-order valence-electron chi connectivity index (χ4n) is 5.71. The van der Waals surface area contributed by atoms with Crippen LogP contribution in [-0.4, -0.2) is 89.8 Å². The summed E-state index contributed by atoms with van der Waals surface area (Å²) < 4.78 is 0. The minimum atomic E-state index is -0.481. The molecule has 2 saturated heterocycles. The minimum absolute atomic E-state index is 0.0768. The molecule has 1 saturated carbocycles. The van der Waals surface area contributed by atoms with E-state index >= 15 is 0 Å². The summed E-state index contributed by atoms with van der Waals surface area (Å²) in [6, 6.07) is 5.76. The number of carbonyl (C=O) groups is 2. The van der Waals surface area contributed by atoms with E-state index in [9.17, 15) is 19.7 Å². The molecule has 1 N–H and O–H groups in total. The van der Waals surface area contributed by atoms with Crippen LogP contribution in [-0.2, 0) is 4.79 Å². The summed E-state index contributed by atoms with van der Waals surface area (Å²) in [6.07, 6.45) is 8.31. The van der Waals surface area contributed by atoms with E-state index in [2.05, 4.69) is 15.1 Å². The van der Waals surface area contributed by atoms with Crippen LogP contribution in [0.4, 0.5) is 5.69 Å². The average molecular weight is 472 g/mol. The molecule has 0 spiro atoms. The highest BCUT2D eigenvalue weighted by Crippen LogP contribution is 2.31. The number of piperazine rings is 1. The van der Waals surface area contributed by atoms with Gasteiger partial charge in [0.15, 0.2) is 0 Å². The summed E-state index contributed by atoms with van der Waals surface area (Å²) in [6.45, 7) is 6.17. The highest BCUT2D eigenvalue weighted by Gasteiger charge is 2.37. The fourth-order valence-corrected chi connectivity index (χ4v) is 5.71. The molecular formula is C25H37N5O4. The van der Waals surface area contributed by atoms with Crippen LogP contribution in [0, 0.1) is 16.0 Å². The van der Waals surface area contributed by atoms with Gasteiger partial charge in [0.1, 0.15) is 0 Å². The smallest absolute Gasteiger partial charge is 0.270 e. The van der Waals surface area contributed by atoms with Gasteiger partial charge < -0.3 is 15.1 Å². The molecule has 34 heavy (non-hydrogen) atoms. The van der Waals surface area contributed by atoms with Crippen LogP contribution < -0.4 is 5.32 Å². The number of hydrogen-bond acceptors (Lipinski definition) is 6. The maximum atomic E-state index is 13.3. The fraction of sp³-hybridized carbons (Fsp3) is 0.680. The van der Waals surface area contributed by atoms with Crippen LogP contribution >= 0.6 is 0 Å². The van der Waals surface area contributed by atoms with Crippen molar-refractivity contribution in [2.45, 2.75) is 51.0 Å². The van der Waals surface area contributed by atoms with Crippen molar-refractivity contribution >= 4 is 17.5 Å². The molecular weight excluding hydrogens is 434 g/mol. The summed E-state index contributed by atoms with van der Waals surface area (Å²) in [5.41, 5.74) is 0.262. The summed E-state index contributed by atoms with van der Waals surface area (Å²) in [4.78, 5) is 43.2. The molecule has 0 radical (unpaired) electrons. The summed E-state index contributed by atoms with van der Waals surface area (Å²) >= 11 is 0. The van der Waals surface area contributed by atoms with Crippen molar-refractivity contribution in [1.29, 1.82) is 0 Å². The third-order valence-corrected chi connectivity index (χ3v) is 7.59. The average Bonchev–Trinajstić information content (AvgIpc) is 3.39. The number of nitrogens with one attached hydrogen (secondary N) is 1. The molecule has 1 aromatic carbocycles. The van der Waals surface area contributed by atoms with Crippen molar-refractivity contribution in [3.05, 3.63) is 39.9 Å². The van der Waals surface area contributed by atoms with Gasteiger partial charge >= 0.3 is 0 Å². The van der Waals surface area contributed by atoms with Gasteiger partial charge in [-0.05, 0) is 50.8 Å². The van der Waals surface area contributed by atoms with Crippen molar-refractivity contribution < 1.29 is 14.5 Å². The Morgan fingerprint density at radius 1 is 1.00 bits per heavy atom. The van der Waals surface area contributed by atoms with Gasteiger partial charge in [-0.25, -0.2) is 0 Å². The molecule has 1 aliphatic carbocycles. The minimum Gasteiger partial charge on any atom is -0.353 e. The number of benzene rings is 1. The molecule has 4 rings (SSSR count). The predicted octanol–water partition coefficient (Wildman–Crippen LogP) is 2.51. The Kier molecular flexibility index (Phi) is 8.50. The Morgan fingerprint density at radius 3 is 2.38 bits per heavy atom. The normalized spacial score (nSPS) is 21.4. The van der Waals surface area contributed by atoms with E-state index in [0.717, 1.165) is 32.5 Å². The van der Waals surface area contributed by atoms with Gasteiger partial charge in [0.25, 0.3) is 11.6 Å². The van der Waals surface area contributed by atoms with E-state index < -0.39 is 4.92 Å². The molecule has 1 unspecified atom stereocenters. The van der Waals surface area contributed by atoms with Crippen LogP contribution in [0.25, 0.3) is 0 Å². The summed E-state index contributed by atoms with van der Waals surface area (Å²) in [7, 11) is 0. The molecule has 0 aromatic heterocycles. The Balaban J connectivity index is 1.33. The van der Waals surface area contributed by atoms with Crippen molar-refractivity contribution in [1.82, 2.24) is 20.0 Å². The number of rotatable bonds is 8. The van der Waals surface area contributed by atoms with E-state index in [-0.39, 0.29) is 23.5 Å². The number of piperidine rings is 1. The number of carbonyl (C=O) groups excluding carboxylic acids is 2. The standard InChI is InChI=1S/C25H37N5O4/c31-24(26-11-14-27-12-4-1-5-13-27)23(20-7-2-3-8-20)28-15-17-29(18-16-28)25(32)21-9-6-10-22(19-21)30(33)34/h6,9-10,19-20,23H,1-5,7-8,11-18H2,(H,26,31). The molecule has 9 heteroatoms. The number of amides is 2. The SMILES string of the molecule is O=C(NCCN1CCCCC1)C(C1CCCC1)N1CCN(C(=O)c2cccc([N+](=O)[O-])c2)CC1. The lowest BCUT2D eigenvalue weighted by Crippen LogP contribution is -2.58. The van der Waals surface area contributed by atoms with Crippen molar-refractivity contribution in [2.75, 3.05) is 52.4 Å².